The average molecular weight is 456 g/mol. The number of rotatable bonds is 8. The molecule has 2 aromatic rings. The van der Waals surface area contributed by atoms with Crippen LogP contribution in [0.4, 0.5) is 13.2 Å². The third-order valence-corrected chi connectivity index (χ3v) is 6.33. The summed E-state index contributed by atoms with van der Waals surface area (Å²) in [6.45, 7) is 0.985. The summed E-state index contributed by atoms with van der Waals surface area (Å²) in [7, 11) is -3.79. The molecular formula is C21H23F3N2O4S. The zero-order chi connectivity index (χ0) is 22.5. The van der Waals surface area contributed by atoms with Gasteiger partial charge in [0.1, 0.15) is 0 Å². The van der Waals surface area contributed by atoms with Crippen LogP contribution in [-0.4, -0.2) is 40.1 Å². The summed E-state index contributed by atoms with van der Waals surface area (Å²) in [5.41, 5.74) is 0.0850. The van der Waals surface area contributed by atoms with Gasteiger partial charge in [-0.2, -0.15) is 13.2 Å². The van der Waals surface area contributed by atoms with Gasteiger partial charge in [0.25, 0.3) is 5.91 Å². The van der Waals surface area contributed by atoms with E-state index in [4.69, 9.17) is 4.74 Å². The molecule has 1 atom stereocenters. The summed E-state index contributed by atoms with van der Waals surface area (Å²) >= 11 is 0. The quantitative estimate of drug-likeness (QED) is 0.639. The van der Waals surface area contributed by atoms with E-state index in [0.29, 0.717) is 18.6 Å². The molecule has 2 aromatic carbocycles. The molecule has 0 spiro atoms. The highest BCUT2D eigenvalue weighted by molar-refractivity contribution is 7.89. The van der Waals surface area contributed by atoms with Crippen molar-refractivity contribution in [2.45, 2.75) is 36.4 Å². The number of nitrogens with one attached hydrogen (secondary N) is 2. The topological polar surface area (TPSA) is 84.5 Å². The highest BCUT2D eigenvalue weighted by atomic mass is 32.2. The fourth-order valence-electron chi connectivity index (χ4n) is 3.18. The number of alkyl halides is 3. The van der Waals surface area contributed by atoms with Crippen LogP contribution in [0.15, 0.2) is 53.4 Å². The SMILES string of the molecule is O=C(NCCc1ccc(C(F)(F)F)cc1)c1cccc(S(=O)(=O)NCC2CCCO2)c1. The summed E-state index contributed by atoms with van der Waals surface area (Å²) in [6, 6.07) is 10.4. The van der Waals surface area contributed by atoms with E-state index in [2.05, 4.69) is 10.0 Å². The van der Waals surface area contributed by atoms with Crippen molar-refractivity contribution in [2.24, 2.45) is 0 Å². The molecule has 31 heavy (non-hydrogen) atoms. The Morgan fingerprint density at radius 2 is 1.87 bits per heavy atom. The highest BCUT2D eigenvalue weighted by Crippen LogP contribution is 2.29. The normalized spacial score (nSPS) is 16.9. The minimum atomic E-state index is -4.39. The number of ether oxygens (including phenoxy) is 1. The predicted octanol–water partition coefficient (Wildman–Crippen LogP) is 3.14. The van der Waals surface area contributed by atoms with E-state index in [1.807, 2.05) is 0 Å². The van der Waals surface area contributed by atoms with Crippen molar-refractivity contribution in [2.75, 3.05) is 19.7 Å². The molecular weight excluding hydrogens is 433 g/mol. The summed E-state index contributed by atoms with van der Waals surface area (Å²) in [4.78, 5) is 12.3. The molecule has 2 N–H and O–H groups in total. The van der Waals surface area contributed by atoms with Gasteiger partial charge < -0.3 is 10.1 Å². The lowest BCUT2D eigenvalue weighted by atomic mass is 10.1. The van der Waals surface area contributed by atoms with E-state index in [0.717, 1.165) is 25.0 Å². The molecule has 168 valence electrons. The van der Waals surface area contributed by atoms with E-state index >= 15 is 0 Å². The average Bonchev–Trinajstić information content (AvgIpc) is 3.26. The zero-order valence-corrected chi connectivity index (χ0v) is 17.4. The molecule has 0 aromatic heterocycles. The van der Waals surface area contributed by atoms with Crippen molar-refractivity contribution in [3.63, 3.8) is 0 Å². The molecule has 3 rings (SSSR count). The summed E-state index contributed by atoms with van der Waals surface area (Å²) in [6.07, 6.45) is -2.51. The standard InChI is InChI=1S/C21H23F3N2O4S/c22-21(23,24)17-8-6-15(7-9-17)10-11-25-20(27)16-3-1-5-19(13-16)31(28,29)26-14-18-4-2-12-30-18/h1,3,5-9,13,18,26H,2,4,10-12,14H2,(H,25,27). The molecule has 6 nitrogen and oxygen atoms in total. The third kappa shape index (κ3) is 6.52. The van der Waals surface area contributed by atoms with Crippen LogP contribution in [0, 0.1) is 0 Å². The van der Waals surface area contributed by atoms with Crippen LogP contribution in [0.1, 0.15) is 34.3 Å². The van der Waals surface area contributed by atoms with E-state index in [-0.39, 0.29) is 29.7 Å². The Labute approximate surface area is 178 Å². The van der Waals surface area contributed by atoms with Gasteiger partial charge in [0.2, 0.25) is 10.0 Å². The Morgan fingerprint density at radius 3 is 2.52 bits per heavy atom. The third-order valence-electron chi connectivity index (χ3n) is 4.91. The lowest BCUT2D eigenvalue weighted by Gasteiger charge is -2.12. The van der Waals surface area contributed by atoms with Crippen LogP contribution in [0.2, 0.25) is 0 Å². The first-order valence-corrected chi connectivity index (χ1v) is 11.3. The van der Waals surface area contributed by atoms with Gasteiger partial charge in [-0.1, -0.05) is 18.2 Å². The van der Waals surface area contributed by atoms with Gasteiger partial charge in [0.05, 0.1) is 16.6 Å². The molecule has 10 heteroatoms. The molecule has 0 aliphatic carbocycles. The zero-order valence-electron chi connectivity index (χ0n) is 16.6. The number of carbonyl (C=O) groups is 1. The number of hydrogen-bond acceptors (Lipinski definition) is 4. The van der Waals surface area contributed by atoms with Crippen molar-refractivity contribution in [3.05, 3.63) is 65.2 Å². The van der Waals surface area contributed by atoms with Crippen molar-refractivity contribution in [1.29, 1.82) is 0 Å². The minimum absolute atomic E-state index is 0.0270. The molecule has 1 aliphatic rings. The summed E-state index contributed by atoms with van der Waals surface area (Å²) in [5, 5.41) is 2.65. The minimum Gasteiger partial charge on any atom is -0.377 e. The van der Waals surface area contributed by atoms with Crippen LogP contribution in [0.3, 0.4) is 0 Å². The maximum atomic E-state index is 12.6. The van der Waals surface area contributed by atoms with Gasteiger partial charge in [-0.05, 0) is 55.2 Å². The first-order chi connectivity index (χ1) is 14.6. The molecule has 1 saturated heterocycles. The number of sulfonamides is 1. The predicted molar refractivity (Wildman–Crippen MR) is 108 cm³/mol. The lowest BCUT2D eigenvalue weighted by Crippen LogP contribution is -2.32. The number of halogens is 3. The second-order valence-corrected chi connectivity index (χ2v) is 8.98. The van der Waals surface area contributed by atoms with E-state index in [1.54, 1.807) is 0 Å². The molecule has 0 radical (unpaired) electrons. The Hall–Kier alpha value is -2.43. The first-order valence-electron chi connectivity index (χ1n) is 9.81. The van der Waals surface area contributed by atoms with Crippen LogP contribution in [-0.2, 0) is 27.4 Å². The second kappa shape index (κ2) is 9.80. The molecule has 1 fully saturated rings. The Morgan fingerprint density at radius 1 is 1.13 bits per heavy atom. The van der Waals surface area contributed by atoms with Crippen LogP contribution in [0.5, 0.6) is 0 Å². The van der Waals surface area contributed by atoms with Crippen molar-refractivity contribution < 1.29 is 31.1 Å². The summed E-state index contributed by atoms with van der Waals surface area (Å²) < 4.78 is 70.7. The summed E-state index contributed by atoms with van der Waals surface area (Å²) in [5.74, 6) is -0.469. The van der Waals surface area contributed by atoms with Crippen molar-refractivity contribution in [1.82, 2.24) is 10.0 Å². The first kappa shape index (κ1) is 23.2. The molecule has 0 saturated carbocycles. The van der Waals surface area contributed by atoms with Gasteiger partial charge in [-0.25, -0.2) is 13.1 Å². The molecule has 1 heterocycles. The molecule has 1 aliphatic heterocycles. The number of amides is 1. The van der Waals surface area contributed by atoms with Gasteiger partial charge in [0, 0.05) is 25.3 Å². The van der Waals surface area contributed by atoms with Crippen molar-refractivity contribution in [3.8, 4) is 0 Å². The van der Waals surface area contributed by atoms with E-state index in [9.17, 15) is 26.4 Å². The monoisotopic (exact) mass is 456 g/mol. The van der Waals surface area contributed by atoms with Crippen LogP contribution in [0.25, 0.3) is 0 Å². The molecule has 1 unspecified atom stereocenters. The van der Waals surface area contributed by atoms with Crippen molar-refractivity contribution >= 4 is 15.9 Å². The number of benzene rings is 2. The smallest absolute Gasteiger partial charge is 0.377 e. The number of hydrogen-bond donors (Lipinski definition) is 2. The number of carbonyl (C=O) groups excluding carboxylic acids is 1. The molecule has 0 bridgehead atoms. The Bertz CT molecular complexity index is 1000. The van der Waals surface area contributed by atoms with Gasteiger partial charge >= 0.3 is 6.18 Å². The van der Waals surface area contributed by atoms with Crippen LogP contribution >= 0.6 is 0 Å². The Kier molecular flexibility index (Phi) is 7.34. The maximum Gasteiger partial charge on any atom is 0.416 e. The Balaban J connectivity index is 1.54. The fourth-order valence-corrected chi connectivity index (χ4v) is 4.29. The fraction of sp³-hybridized carbons (Fsp3) is 0.381. The van der Waals surface area contributed by atoms with Crippen LogP contribution < -0.4 is 10.0 Å². The van der Waals surface area contributed by atoms with Gasteiger partial charge in [-0.3, -0.25) is 4.79 Å². The van der Waals surface area contributed by atoms with E-state index in [1.165, 1.54) is 36.4 Å². The largest absolute Gasteiger partial charge is 0.416 e. The maximum absolute atomic E-state index is 12.6. The molecule has 1 amide bonds. The second-order valence-electron chi connectivity index (χ2n) is 7.22. The van der Waals surface area contributed by atoms with Gasteiger partial charge in [-0.15, -0.1) is 0 Å². The van der Waals surface area contributed by atoms with Gasteiger partial charge in [0.15, 0.2) is 0 Å². The van der Waals surface area contributed by atoms with E-state index < -0.39 is 27.7 Å². The highest BCUT2D eigenvalue weighted by Gasteiger charge is 2.29. The lowest BCUT2D eigenvalue weighted by molar-refractivity contribution is -0.137.